The van der Waals surface area contributed by atoms with Crippen LogP contribution in [0.2, 0.25) is 0 Å². The predicted molar refractivity (Wildman–Crippen MR) is 208 cm³/mol. The number of aromatic nitrogens is 5. The summed E-state index contributed by atoms with van der Waals surface area (Å²) in [6.07, 6.45) is 1.87. The Labute approximate surface area is 289 Å². The van der Waals surface area contributed by atoms with E-state index in [1.165, 1.54) is 32.6 Å². The highest BCUT2D eigenvalue weighted by atomic mass is 15.1. The number of aromatic amines is 1. The SMILES string of the molecule is CC(C)c1ccc2c3ccc(-c4cccc5c4nc(-c4cccc6c4[nH]c4ccccc46)n5-c4ccccc4)cc3n(-c3ccccn3)c2c1. The summed E-state index contributed by atoms with van der Waals surface area (Å²) in [6, 6.07) is 51.9. The van der Waals surface area contributed by atoms with Gasteiger partial charge in [-0.3, -0.25) is 9.13 Å². The summed E-state index contributed by atoms with van der Waals surface area (Å²) < 4.78 is 4.61. The molecule has 0 unspecified atom stereocenters. The largest absolute Gasteiger partial charge is 0.354 e. The van der Waals surface area contributed by atoms with Crippen molar-refractivity contribution >= 4 is 54.6 Å². The molecule has 0 bridgehead atoms. The number of hydrogen-bond donors (Lipinski definition) is 1. The van der Waals surface area contributed by atoms with Crippen molar-refractivity contribution in [3.05, 3.63) is 157 Å². The zero-order valence-electron chi connectivity index (χ0n) is 27.8. The van der Waals surface area contributed by atoms with E-state index >= 15 is 0 Å². The topological polar surface area (TPSA) is 51.4 Å². The van der Waals surface area contributed by atoms with E-state index in [9.17, 15) is 0 Å². The number of nitrogens with zero attached hydrogens (tertiary/aromatic N) is 4. The minimum Gasteiger partial charge on any atom is -0.354 e. The lowest BCUT2D eigenvalue weighted by Crippen LogP contribution is -1.98. The Morgan fingerprint density at radius 2 is 1.30 bits per heavy atom. The average Bonchev–Trinajstić information content (AvgIpc) is 3.84. The molecule has 238 valence electrons. The molecule has 0 atom stereocenters. The molecule has 0 aliphatic heterocycles. The summed E-state index contributed by atoms with van der Waals surface area (Å²) in [5.41, 5.74) is 12.2. The summed E-state index contributed by atoms with van der Waals surface area (Å²) in [5, 5.41) is 4.84. The minimum absolute atomic E-state index is 0.423. The van der Waals surface area contributed by atoms with Crippen molar-refractivity contribution in [2.45, 2.75) is 19.8 Å². The third-order valence-corrected chi connectivity index (χ3v) is 10.1. The van der Waals surface area contributed by atoms with Crippen molar-refractivity contribution in [3.8, 4) is 34.0 Å². The number of pyridine rings is 1. The predicted octanol–water partition coefficient (Wildman–Crippen LogP) is 11.6. The number of nitrogens with one attached hydrogen (secondary N) is 1. The fraction of sp³-hybridized carbons (Fsp3) is 0.0667. The normalized spacial score (nSPS) is 12.0. The van der Waals surface area contributed by atoms with Crippen LogP contribution < -0.4 is 0 Å². The molecule has 0 saturated heterocycles. The van der Waals surface area contributed by atoms with Gasteiger partial charge in [0.25, 0.3) is 0 Å². The van der Waals surface area contributed by atoms with E-state index in [-0.39, 0.29) is 0 Å². The maximum Gasteiger partial charge on any atom is 0.147 e. The third kappa shape index (κ3) is 4.26. The second-order valence-corrected chi connectivity index (χ2v) is 13.4. The molecule has 50 heavy (non-hydrogen) atoms. The van der Waals surface area contributed by atoms with Gasteiger partial charge >= 0.3 is 0 Å². The van der Waals surface area contributed by atoms with E-state index in [4.69, 9.17) is 9.97 Å². The van der Waals surface area contributed by atoms with E-state index in [0.29, 0.717) is 5.92 Å². The van der Waals surface area contributed by atoms with Gasteiger partial charge in [0, 0.05) is 50.1 Å². The molecule has 0 saturated carbocycles. The summed E-state index contributed by atoms with van der Waals surface area (Å²) in [6.45, 7) is 4.49. The van der Waals surface area contributed by atoms with Gasteiger partial charge in [-0.25, -0.2) is 9.97 Å². The molecule has 0 amide bonds. The van der Waals surface area contributed by atoms with Crippen molar-refractivity contribution < 1.29 is 0 Å². The highest BCUT2D eigenvalue weighted by molar-refractivity contribution is 6.13. The Bertz CT molecular complexity index is 2890. The van der Waals surface area contributed by atoms with E-state index < -0.39 is 0 Å². The first-order valence-corrected chi connectivity index (χ1v) is 17.2. The maximum atomic E-state index is 5.51. The Balaban J connectivity index is 1.25. The molecule has 4 aromatic heterocycles. The van der Waals surface area contributed by atoms with Crippen LogP contribution in [-0.4, -0.2) is 24.1 Å². The van der Waals surface area contributed by atoms with Gasteiger partial charge in [-0.1, -0.05) is 105 Å². The molecular formula is C45H33N5. The quantitative estimate of drug-likeness (QED) is 0.203. The summed E-state index contributed by atoms with van der Waals surface area (Å²) in [5.74, 6) is 2.23. The van der Waals surface area contributed by atoms with Crippen molar-refractivity contribution in [1.82, 2.24) is 24.1 Å². The smallest absolute Gasteiger partial charge is 0.147 e. The van der Waals surface area contributed by atoms with Crippen molar-refractivity contribution in [3.63, 3.8) is 0 Å². The lowest BCUT2D eigenvalue weighted by molar-refractivity contribution is 0.867. The average molecular weight is 644 g/mol. The first kappa shape index (κ1) is 28.5. The summed E-state index contributed by atoms with van der Waals surface area (Å²) in [4.78, 5) is 14.0. The van der Waals surface area contributed by atoms with Gasteiger partial charge in [0.15, 0.2) is 0 Å². The Kier molecular flexibility index (Phi) is 6.30. The minimum atomic E-state index is 0.423. The molecule has 0 aliphatic rings. The molecule has 10 rings (SSSR count). The Morgan fingerprint density at radius 1 is 0.560 bits per heavy atom. The van der Waals surface area contributed by atoms with Crippen LogP contribution in [-0.2, 0) is 0 Å². The van der Waals surface area contributed by atoms with Crippen LogP contribution in [0.3, 0.4) is 0 Å². The first-order valence-electron chi connectivity index (χ1n) is 17.2. The number of para-hydroxylation sites is 4. The molecule has 0 fully saturated rings. The summed E-state index contributed by atoms with van der Waals surface area (Å²) in [7, 11) is 0. The van der Waals surface area contributed by atoms with Gasteiger partial charge in [0.2, 0.25) is 0 Å². The molecule has 0 aliphatic carbocycles. The molecule has 0 spiro atoms. The first-order chi connectivity index (χ1) is 24.6. The Morgan fingerprint density at radius 3 is 2.14 bits per heavy atom. The molecule has 1 N–H and O–H groups in total. The summed E-state index contributed by atoms with van der Waals surface area (Å²) >= 11 is 0. The molecular weight excluding hydrogens is 611 g/mol. The molecule has 5 heteroatoms. The Hall–Kier alpha value is -6.46. The second kappa shape index (κ2) is 11.0. The van der Waals surface area contributed by atoms with E-state index in [2.05, 4.69) is 167 Å². The van der Waals surface area contributed by atoms with Crippen molar-refractivity contribution in [2.24, 2.45) is 0 Å². The lowest BCUT2D eigenvalue weighted by Gasteiger charge is -2.11. The van der Waals surface area contributed by atoms with E-state index in [1.807, 2.05) is 12.3 Å². The number of H-pyrrole nitrogens is 1. The highest BCUT2D eigenvalue weighted by Gasteiger charge is 2.21. The lowest BCUT2D eigenvalue weighted by atomic mass is 10.00. The molecule has 4 heterocycles. The second-order valence-electron chi connectivity index (χ2n) is 13.4. The molecule has 6 aromatic carbocycles. The molecule has 0 radical (unpaired) electrons. The fourth-order valence-corrected chi connectivity index (χ4v) is 7.71. The van der Waals surface area contributed by atoms with Gasteiger partial charge in [-0.2, -0.15) is 0 Å². The number of fused-ring (bicyclic) bond motifs is 7. The van der Waals surface area contributed by atoms with Crippen LogP contribution in [0.15, 0.2) is 152 Å². The van der Waals surface area contributed by atoms with Crippen LogP contribution >= 0.6 is 0 Å². The fourth-order valence-electron chi connectivity index (χ4n) is 7.71. The van der Waals surface area contributed by atoms with Crippen LogP contribution in [0.4, 0.5) is 0 Å². The molecule has 5 nitrogen and oxygen atoms in total. The van der Waals surface area contributed by atoms with Crippen molar-refractivity contribution in [2.75, 3.05) is 0 Å². The van der Waals surface area contributed by atoms with Gasteiger partial charge in [-0.15, -0.1) is 0 Å². The molecule has 10 aromatic rings. The monoisotopic (exact) mass is 643 g/mol. The standard InChI is InChI=1S/C45H33N5/c1-28(2)29-21-23-34-35-24-22-30(27-41(35)50(40(34)26-29)42-20-8-9-25-46-42)32-15-11-19-39-44(32)48-45(49(39)31-12-4-3-5-13-31)37-17-10-16-36-33-14-6-7-18-38(33)47-43(36)37/h3-28,47H,1-2H3. The van der Waals surface area contributed by atoms with Gasteiger partial charge < -0.3 is 4.98 Å². The zero-order chi connectivity index (χ0) is 33.3. The van der Waals surface area contributed by atoms with E-state index in [1.54, 1.807) is 0 Å². The highest BCUT2D eigenvalue weighted by Crippen LogP contribution is 2.40. The van der Waals surface area contributed by atoms with Crippen LogP contribution in [0.25, 0.3) is 88.7 Å². The van der Waals surface area contributed by atoms with Crippen LogP contribution in [0, 0.1) is 0 Å². The number of imidazole rings is 1. The van der Waals surface area contributed by atoms with Gasteiger partial charge in [-0.05, 0) is 71.6 Å². The number of benzene rings is 6. The third-order valence-electron chi connectivity index (χ3n) is 10.1. The van der Waals surface area contributed by atoms with Gasteiger partial charge in [0.1, 0.15) is 11.6 Å². The van der Waals surface area contributed by atoms with Gasteiger partial charge in [0.05, 0.1) is 27.6 Å². The number of hydrogen-bond acceptors (Lipinski definition) is 2. The van der Waals surface area contributed by atoms with Crippen LogP contribution in [0.5, 0.6) is 0 Å². The van der Waals surface area contributed by atoms with Crippen LogP contribution in [0.1, 0.15) is 25.3 Å². The van der Waals surface area contributed by atoms with Crippen molar-refractivity contribution in [1.29, 1.82) is 0 Å². The van der Waals surface area contributed by atoms with E-state index in [0.717, 1.165) is 61.6 Å². The number of rotatable bonds is 5. The zero-order valence-corrected chi connectivity index (χ0v) is 27.8. The maximum absolute atomic E-state index is 5.51.